The third kappa shape index (κ3) is 3.02. The summed E-state index contributed by atoms with van der Waals surface area (Å²) < 4.78 is 4.87. The fourth-order valence-electron chi connectivity index (χ4n) is 2.00. The maximum Gasteiger partial charge on any atom is 0.311 e. The summed E-state index contributed by atoms with van der Waals surface area (Å²) >= 11 is 0. The maximum atomic E-state index is 11.6. The molecule has 2 heteroatoms. The molecule has 0 aliphatic carbocycles. The molecule has 0 aromatic carbocycles. The van der Waals surface area contributed by atoms with Gasteiger partial charge in [0, 0.05) is 0 Å². The van der Waals surface area contributed by atoms with Crippen molar-refractivity contribution in [1.29, 1.82) is 0 Å². The van der Waals surface area contributed by atoms with Crippen LogP contribution in [-0.2, 0) is 9.53 Å². The first-order chi connectivity index (χ1) is 6.16. The topological polar surface area (TPSA) is 26.3 Å². The molecule has 0 unspecified atom stereocenters. The number of methoxy groups -OCH3 is 1. The number of rotatable bonds is 6. The minimum absolute atomic E-state index is 0.0290. The zero-order valence-corrected chi connectivity index (χ0v) is 9.35. The molecular formula is C11H22O2. The number of carbonyl (C=O) groups is 1. The lowest BCUT2D eigenvalue weighted by Crippen LogP contribution is -2.31. The molecule has 0 N–H and O–H groups in total. The molecule has 0 rings (SSSR count). The van der Waals surface area contributed by atoms with Crippen LogP contribution in [0.5, 0.6) is 0 Å². The lowest BCUT2D eigenvalue weighted by molar-refractivity contribution is -0.154. The van der Waals surface area contributed by atoms with Crippen molar-refractivity contribution in [3.05, 3.63) is 0 Å². The number of ether oxygens (including phenoxy) is 1. The molecule has 0 saturated carbocycles. The van der Waals surface area contributed by atoms with Crippen molar-refractivity contribution in [3.8, 4) is 0 Å². The highest BCUT2D eigenvalue weighted by Gasteiger charge is 2.35. The lowest BCUT2D eigenvalue weighted by Gasteiger charge is -2.28. The first-order valence-corrected chi connectivity index (χ1v) is 5.25. The molecule has 78 valence electrons. The van der Waals surface area contributed by atoms with Gasteiger partial charge in [0.2, 0.25) is 0 Å². The van der Waals surface area contributed by atoms with E-state index in [4.69, 9.17) is 4.74 Å². The van der Waals surface area contributed by atoms with Crippen molar-refractivity contribution >= 4 is 5.97 Å². The molecule has 0 bridgehead atoms. The highest BCUT2D eigenvalue weighted by atomic mass is 16.5. The zero-order chi connectivity index (χ0) is 10.3. The summed E-state index contributed by atoms with van der Waals surface area (Å²) in [6.45, 7) is 6.30. The van der Waals surface area contributed by atoms with Gasteiger partial charge in [0.25, 0.3) is 0 Å². The van der Waals surface area contributed by atoms with Crippen molar-refractivity contribution < 1.29 is 9.53 Å². The van der Waals surface area contributed by atoms with Crippen molar-refractivity contribution in [2.45, 2.75) is 52.9 Å². The van der Waals surface area contributed by atoms with E-state index in [1.165, 1.54) is 7.11 Å². The van der Waals surface area contributed by atoms with Gasteiger partial charge >= 0.3 is 5.97 Å². The Morgan fingerprint density at radius 2 is 1.62 bits per heavy atom. The smallest absolute Gasteiger partial charge is 0.311 e. The number of carbonyl (C=O) groups excluding carboxylic acids is 1. The van der Waals surface area contributed by atoms with Crippen LogP contribution in [0.1, 0.15) is 52.9 Å². The van der Waals surface area contributed by atoms with Crippen molar-refractivity contribution in [1.82, 2.24) is 0 Å². The molecule has 2 nitrogen and oxygen atoms in total. The van der Waals surface area contributed by atoms with E-state index in [0.717, 1.165) is 32.1 Å². The summed E-state index contributed by atoms with van der Waals surface area (Å²) in [5.74, 6) is -0.0290. The van der Waals surface area contributed by atoms with Gasteiger partial charge in [-0.15, -0.1) is 0 Å². The molecule has 0 saturated heterocycles. The van der Waals surface area contributed by atoms with Crippen molar-refractivity contribution in [2.24, 2.45) is 5.41 Å². The zero-order valence-electron chi connectivity index (χ0n) is 9.35. The second kappa shape index (κ2) is 6.01. The summed E-state index contributed by atoms with van der Waals surface area (Å²) in [6.07, 6.45) is 4.88. The van der Waals surface area contributed by atoms with Gasteiger partial charge in [-0.3, -0.25) is 4.79 Å². The summed E-state index contributed by atoms with van der Waals surface area (Å²) in [5, 5.41) is 0. The standard InChI is InChI=1S/C11H22O2/c1-5-8-11(7-3,9-6-2)10(12)13-4/h5-9H2,1-4H3. The van der Waals surface area contributed by atoms with Crippen LogP contribution in [0, 0.1) is 5.41 Å². The normalized spacial score (nSPS) is 11.4. The Morgan fingerprint density at radius 3 is 1.85 bits per heavy atom. The molecule has 0 aliphatic rings. The molecule has 0 fully saturated rings. The van der Waals surface area contributed by atoms with Gasteiger partial charge in [-0.25, -0.2) is 0 Å². The Hall–Kier alpha value is -0.530. The Balaban J connectivity index is 4.52. The molecule has 0 aliphatic heterocycles. The number of hydrogen-bond donors (Lipinski definition) is 0. The van der Waals surface area contributed by atoms with Crippen LogP contribution in [0.25, 0.3) is 0 Å². The Bertz CT molecular complexity index is 146. The minimum atomic E-state index is -0.210. The fourth-order valence-corrected chi connectivity index (χ4v) is 2.00. The number of hydrogen-bond acceptors (Lipinski definition) is 2. The molecule has 0 atom stereocenters. The third-order valence-corrected chi connectivity index (χ3v) is 2.75. The Morgan fingerprint density at radius 1 is 1.15 bits per heavy atom. The van der Waals surface area contributed by atoms with E-state index in [1.807, 2.05) is 0 Å². The van der Waals surface area contributed by atoms with E-state index >= 15 is 0 Å². The van der Waals surface area contributed by atoms with Crippen LogP contribution >= 0.6 is 0 Å². The van der Waals surface area contributed by atoms with Gasteiger partial charge in [-0.2, -0.15) is 0 Å². The van der Waals surface area contributed by atoms with E-state index in [1.54, 1.807) is 0 Å². The van der Waals surface area contributed by atoms with Gasteiger partial charge < -0.3 is 4.74 Å². The summed E-state index contributed by atoms with van der Waals surface area (Å²) in [5.41, 5.74) is -0.210. The minimum Gasteiger partial charge on any atom is -0.469 e. The molecule has 0 amide bonds. The predicted molar refractivity (Wildman–Crippen MR) is 54.6 cm³/mol. The molecule has 0 heterocycles. The fraction of sp³-hybridized carbons (Fsp3) is 0.909. The second-order valence-electron chi connectivity index (χ2n) is 3.63. The van der Waals surface area contributed by atoms with Gasteiger partial charge in [0.15, 0.2) is 0 Å². The van der Waals surface area contributed by atoms with Crippen LogP contribution in [0.4, 0.5) is 0 Å². The third-order valence-electron chi connectivity index (χ3n) is 2.75. The highest BCUT2D eigenvalue weighted by molar-refractivity contribution is 5.76. The first-order valence-electron chi connectivity index (χ1n) is 5.25. The maximum absolute atomic E-state index is 11.6. The van der Waals surface area contributed by atoms with E-state index < -0.39 is 0 Å². The largest absolute Gasteiger partial charge is 0.469 e. The van der Waals surface area contributed by atoms with Crippen LogP contribution in [0.2, 0.25) is 0 Å². The quantitative estimate of drug-likeness (QED) is 0.596. The van der Waals surface area contributed by atoms with Crippen LogP contribution in [0.3, 0.4) is 0 Å². The Labute approximate surface area is 81.7 Å². The van der Waals surface area contributed by atoms with Crippen molar-refractivity contribution in [2.75, 3.05) is 7.11 Å². The van der Waals surface area contributed by atoms with Crippen molar-refractivity contribution in [3.63, 3.8) is 0 Å². The van der Waals surface area contributed by atoms with Crippen LogP contribution in [-0.4, -0.2) is 13.1 Å². The summed E-state index contributed by atoms with van der Waals surface area (Å²) in [4.78, 5) is 11.6. The predicted octanol–water partition coefficient (Wildman–Crippen LogP) is 3.16. The van der Waals surface area contributed by atoms with E-state index in [-0.39, 0.29) is 11.4 Å². The summed E-state index contributed by atoms with van der Waals surface area (Å²) in [7, 11) is 1.48. The van der Waals surface area contributed by atoms with Gasteiger partial charge in [0.1, 0.15) is 0 Å². The molecule has 13 heavy (non-hydrogen) atoms. The van der Waals surface area contributed by atoms with Gasteiger partial charge in [0.05, 0.1) is 12.5 Å². The number of esters is 1. The van der Waals surface area contributed by atoms with Crippen LogP contribution in [0.15, 0.2) is 0 Å². The Kier molecular flexibility index (Phi) is 5.76. The first kappa shape index (κ1) is 12.5. The average Bonchev–Trinajstić information content (AvgIpc) is 2.16. The van der Waals surface area contributed by atoms with Gasteiger partial charge in [-0.1, -0.05) is 33.6 Å². The molecule has 0 radical (unpaired) electrons. The molecular weight excluding hydrogens is 164 g/mol. The van der Waals surface area contributed by atoms with E-state index in [2.05, 4.69) is 20.8 Å². The SMILES string of the molecule is CCCC(CC)(CCC)C(=O)OC. The highest BCUT2D eigenvalue weighted by Crippen LogP contribution is 2.34. The second-order valence-corrected chi connectivity index (χ2v) is 3.63. The average molecular weight is 186 g/mol. The van der Waals surface area contributed by atoms with E-state index in [0.29, 0.717) is 0 Å². The monoisotopic (exact) mass is 186 g/mol. The van der Waals surface area contributed by atoms with Gasteiger partial charge in [-0.05, 0) is 19.3 Å². The summed E-state index contributed by atoms with van der Waals surface area (Å²) in [6, 6.07) is 0. The molecule has 0 aromatic rings. The van der Waals surface area contributed by atoms with E-state index in [9.17, 15) is 4.79 Å². The van der Waals surface area contributed by atoms with Crippen LogP contribution < -0.4 is 0 Å². The lowest BCUT2D eigenvalue weighted by atomic mass is 9.77. The molecule has 0 spiro atoms. The molecule has 0 aromatic heterocycles.